The summed E-state index contributed by atoms with van der Waals surface area (Å²) in [6, 6.07) is 16.2. The zero-order valence-electron chi connectivity index (χ0n) is 18.8. The molecule has 2 aliphatic carbocycles. The van der Waals surface area contributed by atoms with Crippen molar-refractivity contribution in [2.24, 2.45) is 11.3 Å². The molecule has 1 atom stereocenters. The first-order valence-corrected chi connectivity index (χ1v) is 12.4. The smallest absolute Gasteiger partial charge is 0.413 e. The average molecular weight is 490 g/mol. The van der Waals surface area contributed by atoms with Crippen LogP contribution in [0.3, 0.4) is 0 Å². The third-order valence-corrected chi connectivity index (χ3v) is 8.30. The largest absolute Gasteiger partial charge is 0.481 e. The van der Waals surface area contributed by atoms with E-state index < -0.39 is 18.0 Å². The van der Waals surface area contributed by atoms with Crippen molar-refractivity contribution in [1.82, 2.24) is 9.88 Å². The molecule has 0 bridgehead atoms. The van der Waals surface area contributed by atoms with Crippen LogP contribution in [0.2, 0.25) is 0 Å². The van der Waals surface area contributed by atoms with E-state index in [1.165, 1.54) is 6.20 Å². The zero-order valence-corrected chi connectivity index (χ0v) is 19.6. The molecule has 2 N–H and O–H groups in total. The second-order valence-corrected chi connectivity index (χ2v) is 10.4. The highest BCUT2D eigenvalue weighted by Gasteiger charge is 2.59. The standard InChI is InChI=1S/C26H23N3O5S/c30-22(29-12-20(23(31)32)26(14-29)9-10-26)21-11-27-24(35-21)28-25(33)34-13-19-17-7-3-1-5-15(17)16-6-2-4-8-18(16)19/h1-8,11,19-20H,9-10,12-14H2,(H,31,32)(H,27,28,33). The van der Waals surface area contributed by atoms with Crippen molar-refractivity contribution in [3.63, 3.8) is 0 Å². The molecule has 2 aromatic carbocycles. The Morgan fingerprint density at radius 1 is 1.09 bits per heavy atom. The molecule has 1 unspecified atom stereocenters. The summed E-state index contributed by atoms with van der Waals surface area (Å²) >= 11 is 1.06. The second-order valence-electron chi connectivity index (χ2n) is 9.42. The Kier molecular flexibility index (Phi) is 5.10. The maximum Gasteiger partial charge on any atom is 0.413 e. The maximum absolute atomic E-state index is 12.9. The fourth-order valence-electron chi connectivity index (χ4n) is 5.44. The van der Waals surface area contributed by atoms with Crippen LogP contribution in [-0.2, 0) is 9.53 Å². The van der Waals surface area contributed by atoms with E-state index in [0.717, 1.165) is 46.4 Å². The SMILES string of the molecule is O=C(Nc1ncc(C(=O)N2CC(C(=O)O)C3(CC3)C2)s1)OCC1c2ccccc2-c2ccccc21. The Labute approximate surface area is 205 Å². The minimum absolute atomic E-state index is 0.0475. The molecule has 3 aliphatic rings. The van der Waals surface area contributed by atoms with Crippen LogP contribution < -0.4 is 5.32 Å². The fourth-order valence-corrected chi connectivity index (χ4v) is 6.21. The number of hydrogen-bond donors (Lipinski definition) is 2. The van der Waals surface area contributed by atoms with Gasteiger partial charge in [0, 0.05) is 24.4 Å². The van der Waals surface area contributed by atoms with Crippen LogP contribution in [0.1, 0.15) is 39.6 Å². The number of carboxylic acid groups (broad SMARTS) is 1. The lowest BCUT2D eigenvalue weighted by Crippen LogP contribution is -2.29. The van der Waals surface area contributed by atoms with Gasteiger partial charge in [0.2, 0.25) is 0 Å². The van der Waals surface area contributed by atoms with Crippen LogP contribution >= 0.6 is 11.3 Å². The van der Waals surface area contributed by atoms with E-state index in [4.69, 9.17) is 4.74 Å². The Bertz CT molecular complexity index is 1300. The van der Waals surface area contributed by atoms with Gasteiger partial charge in [0.05, 0.1) is 12.1 Å². The molecule has 8 nitrogen and oxygen atoms in total. The lowest BCUT2D eigenvalue weighted by atomic mass is 9.93. The molecule has 35 heavy (non-hydrogen) atoms. The number of aromatic nitrogens is 1. The van der Waals surface area contributed by atoms with Crippen molar-refractivity contribution in [2.45, 2.75) is 18.8 Å². The number of carboxylic acids is 1. The lowest BCUT2D eigenvalue weighted by Gasteiger charge is -2.14. The van der Waals surface area contributed by atoms with Crippen molar-refractivity contribution < 1.29 is 24.2 Å². The first-order chi connectivity index (χ1) is 16.9. The van der Waals surface area contributed by atoms with E-state index in [9.17, 15) is 19.5 Å². The van der Waals surface area contributed by atoms with Crippen molar-refractivity contribution in [1.29, 1.82) is 0 Å². The van der Waals surface area contributed by atoms with E-state index in [1.54, 1.807) is 4.90 Å². The normalized spacial score (nSPS) is 19.3. The van der Waals surface area contributed by atoms with Crippen LogP contribution in [0.25, 0.3) is 11.1 Å². The van der Waals surface area contributed by atoms with Gasteiger partial charge in [-0.15, -0.1) is 0 Å². The topological polar surface area (TPSA) is 109 Å². The third kappa shape index (κ3) is 3.76. The summed E-state index contributed by atoms with van der Waals surface area (Å²) in [5, 5.41) is 12.4. The molecule has 0 radical (unpaired) electrons. The Morgan fingerprint density at radius 2 is 1.74 bits per heavy atom. The number of carbonyl (C=O) groups is 3. The fraction of sp³-hybridized carbons (Fsp3) is 0.308. The number of amides is 2. The molecular formula is C26H23N3O5S. The van der Waals surface area contributed by atoms with Crippen molar-refractivity contribution >= 4 is 34.4 Å². The van der Waals surface area contributed by atoms with Crippen LogP contribution in [-0.4, -0.2) is 52.7 Å². The summed E-state index contributed by atoms with van der Waals surface area (Å²) in [5.41, 5.74) is 4.29. The minimum atomic E-state index is -0.847. The van der Waals surface area contributed by atoms with Crippen LogP contribution in [0.5, 0.6) is 0 Å². The third-order valence-electron chi connectivity index (χ3n) is 7.39. The number of nitrogens with one attached hydrogen (secondary N) is 1. The molecule has 6 rings (SSSR count). The van der Waals surface area contributed by atoms with Gasteiger partial charge in [0.15, 0.2) is 5.13 Å². The molecule has 1 aliphatic heterocycles. The highest BCUT2D eigenvalue weighted by Crippen LogP contribution is 2.56. The minimum Gasteiger partial charge on any atom is -0.481 e. The predicted molar refractivity (Wildman–Crippen MR) is 130 cm³/mol. The molecule has 1 saturated carbocycles. The highest BCUT2D eigenvalue weighted by atomic mass is 32.1. The van der Waals surface area contributed by atoms with Crippen molar-refractivity contribution in [3.8, 4) is 11.1 Å². The lowest BCUT2D eigenvalue weighted by molar-refractivity contribution is -0.142. The van der Waals surface area contributed by atoms with Gasteiger partial charge in [-0.05, 0) is 35.1 Å². The van der Waals surface area contributed by atoms with Gasteiger partial charge in [-0.25, -0.2) is 9.78 Å². The zero-order chi connectivity index (χ0) is 24.2. The quantitative estimate of drug-likeness (QED) is 0.549. The van der Waals surface area contributed by atoms with Crippen molar-refractivity contribution in [3.05, 3.63) is 70.7 Å². The number of benzene rings is 2. The molecule has 2 heterocycles. The number of anilines is 1. The monoisotopic (exact) mass is 489 g/mol. The number of ether oxygens (including phenoxy) is 1. The number of hydrogen-bond acceptors (Lipinski definition) is 6. The number of fused-ring (bicyclic) bond motifs is 3. The predicted octanol–water partition coefficient (Wildman–Crippen LogP) is 4.44. The summed E-state index contributed by atoms with van der Waals surface area (Å²) in [5.74, 6) is -1.66. The van der Waals surface area contributed by atoms with Gasteiger partial charge in [-0.3, -0.25) is 14.9 Å². The van der Waals surface area contributed by atoms with E-state index in [-0.39, 0.29) is 35.5 Å². The second kappa shape index (κ2) is 8.20. The van der Waals surface area contributed by atoms with E-state index in [1.807, 2.05) is 24.3 Å². The number of rotatable bonds is 5. The Morgan fingerprint density at radius 3 is 2.34 bits per heavy atom. The summed E-state index contributed by atoms with van der Waals surface area (Å²) < 4.78 is 5.55. The number of likely N-dealkylation sites (tertiary alicyclic amines) is 1. The molecule has 1 spiro atoms. The van der Waals surface area contributed by atoms with Gasteiger partial charge >= 0.3 is 12.1 Å². The van der Waals surface area contributed by atoms with Crippen LogP contribution in [0, 0.1) is 11.3 Å². The van der Waals surface area contributed by atoms with Gasteiger partial charge in [0.25, 0.3) is 5.91 Å². The van der Waals surface area contributed by atoms with Crippen molar-refractivity contribution in [2.75, 3.05) is 25.0 Å². The Hall–Kier alpha value is -3.72. The molecule has 3 aromatic rings. The van der Waals surface area contributed by atoms with Gasteiger partial charge in [0.1, 0.15) is 11.5 Å². The average Bonchev–Trinajstić information content (AvgIpc) is 3.18. The molecule has 9 heteroatoms. The summed E-state index contributed by atoms with van der Waals surface area (Å²) in [6.07, 6.45) is 2.46. The van der Waals surface area contributed by atoms with Crippen LogP contribution in [0.15, 0.2) is 54.7 Å². The first kappa shape index (κ1) is 21.8. The number of aliphatic carboxylic acids is 1. The van der Waals surface area contributed by atoms with E-state index in [2.05, 4.69) is 34.6 Å². The molecule has 1 aromatic heterocycles. The van der Waals surface area contributed by atoms with Crippen LogP contribution in [0.4, 0.5) is 9.93 Å². The molecule has 2 amide bonds. The van der Waals surface area contributed by atoms with Gasteiger partial charge in [-0.1, -0.05) is 59.9 Å². The van der Waals surface area contributed by atoms with E-state index in [0.29, 0.717) is 11.4 Å². The summed E-state index contributed by atoms with van der Waals surface area (Å²) in [6.45, 7) is 0.848. The summed E-state index contributed by atoms with van der Waals surface area (Å²) in [7, 11) is 0. The first-order valence-electron chi connectivity index (χ1n) is 11.6. The number of carbonyl (C=O) groups excluding carboxylic acids is 2. The van der Waals surface area contributed by atoms with E-state index >= 15 is 0 Å². The molecule has 2 fully saturated rings. The molecule has 1 saturated heterocycles. The van der Waals surface area contributed by atoms with Gasteiger partial charge < -0.3 is 14.7 Å². The Balaban J connectivity index is 1.09. The number of thiazole rings is 1. The molecule has 178 valence electrons. The summed E-state index contributed by atoms with van der Waals surface area (Å²) in [4.78, 5) is 43.1. The highest BCUT2D eigenvalue weighted by molar-refractivity contribution is 7.17. The van der Waals surface area contributed by atoms with Gasteiger partial charge in [-0.2, -0.15) is 0 Å². The number of nitrogens with zero attached hydrogens (tertiary/aromatic N) is 2. The maximum atomic E-state index is 12.9. The molecular weight excluding hydrogens is 466 g/mol.